The van der Waals surface area contributed by atoms with E-state index in [2.05, 4.69) is 12.1 Å². The summed E-state index contributed by atoms with van der Waals surface area (Å²) in [4.78, 5) is 13.2. The van der Waals surface area contributed by atoms with Crippen LogP contribution >= 0.6 is 0 Å². The predicted octanol–water partition coefficient (Wildman–Crippen LogP) is 2.62. The number of fused-ring (bicyclic) bond motifs is 1. The van der Waals surface area contributed by atoms with Crippen LogP contribution in [0.2, 0.25) is 0 Å². The van der Waals surface area contributed by atoms with Gasteiger partial charge in [0.05, 0.1) is 0 Å². The molecular formula is C13H19NO. The molecule has 0 N–H and O–H groups in total. The van der Waals surface area contributed by atoms with Crippen molar-refractivity contribution in [1.82, 2.24) is 4.90 Å². The van der Waals surface area contributed by atoms with Crippen LogP contribution in [0.5, 0.6) is 0 Å². The minimum Gasteiger partial charge on any atom is -0.341 e. The van der Waals surface area contributed by atoms with Gasteiger partial charge < -0.3 is 4.90 Å². The van der Waals surface area contributed by atoms with Crippen molar-refractivity contribution < 1.29 is 4.79 Å². The summed E-state index contributed by atoms with van der Waals surface area (Å²) in [6.45, 7) is 4.76. The van der Waals surface area contributed by atoms with Crippen molar-refractivity contribution in [3.05, 3.63) is 35.4 Å². The van der Waals surface area contributed by atoms with Gasteiger partial charge in [0.1, 0.15) is 0 Å². The van der Waals surface area contributed by atoms with Gasteiger partial charge in [0.2, 0.25) is 5.91 Å². The first kappa shape index (κ1) is 11.8. The van der Waals surface area contributed by atoms with Crippen molar-refractivity contribution in [3.8, 4) is 0 Å². The highest BCUT2D eigenvalue weighted by molar-refractivity contribution is 5.76. The summed E-state index contributed by atoms with van der Waals surface area (Å²) in [5, 5.41) is 0. The molecule has 1 aliphatic rings. The molecule has 15 heavy (non-hydrogen) atoms. The molecular weight excluding hydrogens is 186 g/mol. The normalized spacial score (nSPS) is 14.9. The number of hydrogen-bond acceptors (Lipinski definition) is 1. The topological polar surface area (TPSA) is 20.3 Å². The largest absolute Gasteiger partial charge is 0.341 e. The highest BCUT2D eigenvalue weighted by atomic mass is 16.2. The second kappa shape index (κ2) is 5.54. The van der Waals surface area contributed by atoms with Crippen LogP contribution in [0.25, 0.3) is 0 Å². The highest BCUT2D eigenvalue weighted by Gasteiger charge is 2.15. The van der Waals surface area contributed by atoms with E-state index in [1.54, 1.807) is 4.90 Å². The maximum Gasteiger partial charge on any atom is 0.222 e. The van der Waals surface area contributed by atoms with Crippen molar-refractivity contribution in [3.63, 3.8) is 0 Å². The van der Waals surface area contributed by atoms with E-state index < -0.39 is 0 Å². The van der Waals surface area contributed by atoms with Gasteiger partial charge in [0.15, 0.2) is 0 Å². The molecule has 0 spiro atoms. The van der Waals surface area contributed by atoms with Crippen LogP contribution in [-0.2, 0) is 17.8 Å². The molecule has 0 saturated carbocycles. The van der Waals surface area contributed by atoms with Gasteiger partial charge in [-0.25, -0.2) is 0 Å². The summed E-state index contributed by atoms with van der Waals surface area (Å²) in [7, 11) is 1.87. The maximum absolute atomic E-state index is 11.4. The molecule has 1 aromatic carbocycles. The summed E-state index contributed by atoms with van der Waals surface area (Å²) in [5.41, 5.74) is 2.61. The molecule has 0 aliphatic carbocycles. The van der Waals surface area contributed by atoms with Gasteiger partial charge in [-0.1, -0.05) is 38.1 Å². The molecule has 0 unspecified atom stereocenters. The summed E-state index contributed by atoms with van der Waals surface area (Å²) in [6.07, 6.45) is 1.53. The Hall–Kier alpha value is -1.31. The lowest BCUT2D eigenvalue weighted by Crippen LogP contribution is -2.24. The van der Waals surface area contributed by atoms with E-state index >= 15 is 0 Å². The Morgan fingerprint density at radius 2 is 1.67 bits per heavy atom. The van der Waals surface area contributed by atoms with E-state index in [-0.39, 0.29) is 5.91 Å². The number of carbonyl (C=O) groups excluding carboxylic acids is 1. The van der Waals surface area contributed by atoms with Crippen LogP contribution in [0.3, 0.4) is 0 Å². The van der Waals surface area contributed by atoms with E-state index in [0.29, 0.717) is 6.42 Å². The van der Waals surface area contributed by atoms with Crippen molar-refractivity contribution in [2.45, 2.75) is 33.2 Å². The number of benzene rings is 1. The zero-order valence-corrected chi connectivity index (χ0v) is 9.79. The first-order valence-electron chi connectivity index (χ1n) is 5.58. The Bertz CT molecular complexity index is 333. The second-order valence-electron chi connectivity index (χ2n) is 3.52. The molecule has 1 heterocycles. The van der Waals surface area contributed by atoms with Gasteiger partial charge in [-0.15, -0.1) is 0 Å². The average molecular weight is 205 g/mol. The van der Waals surface area contributed by atoms with Crippen LogP contribution in [-0.4, -0.2) is 17.9 Å². The fourth-order valence-corrected chi connectivity index (χ4v) is 1.73. The van der Waals surface area contributed by atoms with Crippen LogP contribution in [0.15, 0.2) is 24.3 Å². The lowest BCUT2D eigenvalue weighted by atomic mass is 10.0. The van der Waals surface area contributed by atoms with Gasteiger partial charge in [-0.05, 0) is 17.5 Å². The van der Waals surface area contributed by atoms with Crippen molar-refractivity contribution in [2.75, 3.05) is 7.05 Å². The van der Waals surface area contributed by atoms with E-state index in [4.69, 9.17) is 0 Å². The summed E-state index contributed by atoms with van der Waals surface area (Å²) in [5.74, 6) is 0.246. The number of rotatable bonds is 0. The average Bonchev–Trinajstić information content (AvgIpc) is 2.43. The molecule has 0 fully saturated rings. The Kier molecular flexibility index (Phi) is 4.35. The fourth-order valence-electron chi connectivity index (χ4n) is 1.73. The van der Waals surface area contributed by atoms with Crippen LogP contribution in [0.4, 0.5) is 0 Å². The summed E-state index contributed by atoms with van der Waals surface area (Å²) in [6, 6.07) is 8.28. The summed E-state index contributed by atoms with van der Waals surface area (Å²) >= 11 is 0. The molecule has 1 aliphatic heterocycles. The molecule has 1 amide bonds. The van der Waals surface area contributed by atoms with Crippen molar-refractivity contribution in [2.24, 2.45) is 0 Å². The molecule has 0 atom stereocenters. The Morgan fingerprint density at radius 3 is 2.33 bits per heavy atom. The van der Waals surface area contributed by atoms with E-state index in [1.165, 1.54) is 11.1 Å². The van der Waals surface area contributed by atoms with Gasteiger partial charge in [-0.3, -0.25) is 4.79 Å². The maximum atomic E-state index is 11.4. The summed E-state index contributed by atoms with van der Waals surface area (Å²) < 4.78 is 0. The predicted molar refractivity (Wildman–Crippen MR) is 62.6 cm³/mol. The monoisotopic (exact) mass is 205 g/mol. The molecule has 0 bridgehead atoms. The molecule has 1 aromatic rings. The fraction of sp³-hybridized carbons (Fsp3) is 0.462. The minimum absolute atomic E-state index is 0.246. The molecule has 0 aromatic heterocycles. The number of amides is 1. The highest BCUT2D eigenvalue weighted by Crippen LogP contribution is 2.17. The van der Waals surface area contributed by atoms with E-state index in [0.717, 1.165) is 13.0 Å². The van der Waals surface area contributed by atoms with Crippen LogP contribution in [0, 0.1) is 0 Å². The van der Waals surface area contributed by atoms with Gasteiger partial charge in [0, 0.05) is 20.0 Å². The standard InChI is InChI=1S/C11H13NO.C2H6/c1-12-8-10-5-3-2-4-9(10)6-7-11(12)13;1-2/h2-5H,6-8H2,1H3;1-2H3. The van der Waals surface area contributed by atoms with Crippen molar-refractivity contribution >= 4 is 5.91 Å². The van der Waals surface area contributed by atoms with Gasteiger partial charge >= 0.3 is 0 Å². The quantitative estimate of drug-likeness (QED) is 0.637. The molecule has 2 nitrogen and oxygen atoms in total. The van der Waals surface area contributed by atoms with Gasteiger partial charge in [-0.2, -0.15) is 0 Å². The smallest absolute Gasteiger partial charge is 0.222 e. The van der Waals surface area contributed by atoms with Crippen LogP contribution < -0.4 is 0 Å². The number of hydrogen-bond donors (Lipinski definition) is 0. The second-order valence-corrected chi connectivity index (χ2v) is 3.52. The lowest BCUT2D eigenvalue weighted by Gasteiger charge is -2.13. The zero-order chi connectivity index (χ0) is 11.3. The third kappa shape index (κ3) is 2.82. The Labute approximate surface area is 91.9 Å². The van der Waals surface area contributed by atoms with E-state index in [1.807, 2.05) is 33.0 Å². The minimum atomic E-state index is 0.246. The molecule has 2 heteroatoms. The number of carbonyl (C=O) groups is 1. The lowest BCUT2D eigenvalue weighted by molar-refractivity contribution is -0.130. The first-order valence-corrected chi connectivity index (χ1v) is 5.58. The number of aryl methyl sites for hydroxylation is 1. The Balaban J connectivity index is 0.000000531. The molecule has 2 rings (SSSR count). The zero-order valence-electron chi connectivity index (χ0n) is 9.79. The SMILES string of the molecule is CC.CN1Cc2ccccc2CCC1=O. The first-order chi connectivity index (χ1) is 7.27. The van der Waals surface area contributed by atoms with Crippen LogP contribution in [0.1, 0.15) is 31.4 Å². The molecule has 82 valence electrons. The van der Waals surface area contributed by atoms with E-state index in [9.17, 15) is 4.79 Å². The van der Waals surface area contributed by atoms with Gasteiger partial charge in [0.25, 0.3) is 0 Å². The number of nitrogens with zero attached hydrogens (tertiary/aromatic N) is 1. The third-order valence-corrected chi connectivity index (χ3v) is 2.56. The molecule has 0 saturated heterocycles. The third-order valence-electron chi connectivity index (χ3n) is 2.56. The molecule has 0 radical (unpaired) electrons. The van der Waals surface area contributed by atoms with Crippen molar-refractivity contribution in [1.29, 1.82) is 0 Å². The Morgan fingerprint density at radius 1 is 1.07 bits per heavy atom.